The van der Waals surface area contributed by atoms with Gasteiger partial charge in [-0.3, -0.25) is 9.20 Å². The first-order valence-electron chi connectivity index (χ1n) is 6.20. The molecule has 0 unspecified atom stereocenters. The zero-order valence-electron chi connectivity index (χ0n) is 10.9. The van der Waals surface area contributed by atoms with Crippen LogP contribution in [0.15, 0.2) is 42.6 Å². The molecule has 1 aromatic carbocycles. The largest absolute Gasteiger partial charge is 0.297 e. The lowest BCUT2D eigenvalue weighted by molar-refractivity contribution is 0.111. The Morgan fingerprint density at radius 2 is 2.00 bits per heavy atom. The summed E-state index contributed by atoms with van der Waals surface area (Å²) in [6.07, 6.45) is 2.73. The summed E-state index contributed by atoms with van der Waals surface area (Å²) >= 11 is 0. The van der Waals surface area contributed by atoms with Crippen LogP contribution in [0.3, 0.4) is 0 Å². The van der Waals surface area contributed by atoms with E-state index in [1.54, 1.807) is 0 Å². The average molecular weight is 250 g/mol. The maximum Gasteiger partial charge on any atom is 0.169 e. The van der Waals surface area contributed by atoms with Crippen molar-refractivity contribution in [2.24, 2.45) is 0 Å². The fraction of sp³-hybridized carbons (Fsp3) is 0.125. The van der Waals surface area contributed by atoms with Gasteiger partial charge in [0.15, 0.2) is 6.29 Å². The standard InChI is InChI=1S/C16H14N2O/c1-11-6-7-13(12(2)9-11)16-14(10-19)18-8-4-3-5-15(18)17-16/h3-10H,1-2H3. The minimum absolute atomic E-state index is 0.600. The fourth-order valence-corrected chi connectivity index (χ4v) is 2.40. The second-order valence-electron chi connectivity index (χ2n) is 4.71. The summed E-state index contributed by atoms with van der Waals surface area (Å²) in [5.41, 5.74) is 5.49. The lowest BCUT2D eigenvalue weighted by Crippen LogP contribution is -1.93. The summed E-state index contributed by atoms with van der Waals surface area (Å²) in [5, 5.41) is 0. The molecule has 0 saturated carbocycles. The molecule has 94 valence electrons. The molecule has 0 aliphatic heterocycles. The molecule has 0 N–H and O–H groups in total. The van der Waals surface area contributed by atoms with E-state index in [4.69, 9.17) is 0 Å². The SMILES string of the molecule is Cc1ccc(-c2nc3ccccn3c2C=O)c(C)c1. The topological polar surface area (TPSA) is 34.4 Å². The third-order valence-electron chi connectivity index (χ3n) is 3.32. The molecule has 19 heavy (non-hydrogen) atoms. The van der Waals surface area contributed by atoms with Gasteiger partial charge in [-0.25, -0.2) is 4.98 Å². The highest BCUT2D eigenvalue weighted by atomic mass is 16.1. The number of fused-ring (bicyclic) bond motifs is 1. The van der Waals surface area contributed by atoms with Crippen LogP contribution in [0.1, 0.15) is 21.6 Å². The van der Waals surface area contributed by atoms with Crippen LogP contribution in [-0.4, -0.2) is 15.7 Å². The molecule has 0 spiro atoms. The average Bonchev–Trinajstić information content (AvgIpc) is 2.76. The maximum atomic E-state index is 11.4. The Balaban J connectivity index is 2.33. The highest BCUT2D eigenvalue weighted by molar-refractivity contribution is 5.87. The first-order valence-corrected chi connectivity index (χ1v) is 6.20. The zero-order chi connectivity index (χ0) is 13.4. The zero-order valence-corrected chi connectivity index (χ0v) is 10.9. The lowest BCUT2D eigenvalue weighted by atomic mass is 10.0. The number of benzene rings is 1. The van der Waals surface area contributed by atoms with E-state index >= 15 is 0 Å². The molecule has 3 nitrogen and oxygen atoms in total. The molecule has 0 aliphatic carbocycles. The van der Waals surface area contributed by atoms with Crippen molar-refractivity contribution >= 4 is 11.9 Å². The van der Waals surface area contributed by atoms with Gasteiger partial charge in [0.2, 0.25) is 0 Å². The smallest absolute Gasteiger partial charge is 0.169 e. The van der Waals surface area contributed by atoms with Gasteiger partial charge in [-0.2, -0.15) is 0 Å². The first-order chi connectivity index (χ1) is 9.20. The molecular weight excluding hydrogens is 236 g/mol. The summed E-state index contributed by atoms with van der Waals surface area (Å²) in [5.74, 6) is 0. The van der Waals surface area contributed by atoms with E-state index in [-0.39, 0.29) is 0 Å². The Hall–Kier alpha value is -2.42. The van der Waals surface area contributed by atoms with Crippen molar-refractivity contribution in [2.75, 3.05) is 0 Å². The molecule has 0 atom stereocenters. The number of hydrogen-bond donors (Lipinski definition) is 0. The Labute approximate surface area is 111 Å². The van der Waals surface area contributed by atoms with E-state index in [1.807, 2.05) is 47.9 Å². The monoisotopic (exact) mass is 250 g/mol. The molecule has 3 rings (SSSR count). The molecule has 0 fully saturated rings. The van der Waals surface area contributed by atoms with E-state index in [9.17, 15) is 4.79 Å². The Kier molecular flexibility index (Phi) is 2.67. The van der Waals surface area contributed by atoms with Gasteiger partial charge in [0.25, 0.3) is 0 Å². The van der Waals surface area contributed by atoms with E-state index in [1.165, 1.54) is 5.56 Å². The van der Waals surface area contributed by atoms with Crippen LogP contribution in [0.5, 0.6) is 0 Å². The number of pyridine rings is 1. The summed E-state index contributed by atoms with van der Waals surface area (Å²) in [6, 6.07) is 11.9. The molecule has 0 aliphatic rings. The van der Waals surface area contributed by atoms with E-state index < -0.39 is 0 Å². The van der Waals surface area contributed by atoms with Crippen molar-refractivity contribution in [2.45, 2.75) is 13.8 Å². The second-order valence-corrected chi connectivity index (χ2v) is 4.71. The number of carbonyl (C=O) groups excluding carboxylic acids is 1. The molecule has 2 heterocycles. The number of rotatable bonds is 2. The van der Waals surface area contributed by atoms with Crippen LogP contribution >= 0.6 is 0 Å². The maximum absolute atomic E-state index is 11.4. The molecule has 3 aromatic rings. The number of nitrogens with zero attached hydrogens (tertiary/aromatic N) is 2. The normalized spacial score (nSPS) is 10.8. The predicted octanol–water partition coefficient (Wildman–Crippen LogP) is 3.43. The van der Waals surface area contributed by atoms with E-state index in [0.29, 0.717) is 5.69 Å². The van der Waals surface area contributed by atoms with Crippen molar-refractivity contribution < 1.29 is 4.79 Å². The van der Waals surface area contributed by atoms with Gasteiger partial charge < -0.3 is 0 Å². The number of aromatic nitrogens is 2. The Morgan fingerprint density at radius 1 is 1.16 bits per heavy atom. The summed E-state index contributed by atoms with van der Waals surface area (Å²) < 4.78 is 1.82. The van der Waals surface area contributed by atoms with Gasteiger partial charge in [-0.1, -0.05) is 29.8 Å². The third kappa shape index (κ3) is 1.83. The van der Waals surface area contributed by atoms with Crippen molar-refractivity contribution in [3.8, 4) is 11.3 Å². The van der Waals surface area contributed by atoms with Gasteiger partial charge in [0.1, 0.15) is 17.0 Å². The summed E-state index contributed by atoms with van der Waals surface area (Å²) in [6.45, 7) is 4.10. The third-order valence-corrected chi connectivity index (χ3v) is 3.32. The van der Waals surface area contributed by atoms with Crippen molar-refractivity contribution in [3.05, 3.63) is 59.4 Å². The molecule has 0 bridgehead atoms. The van der Waals surface area contributed by atoms with Gasteiger partial charge in [-0.15, -0.1) is 0 Å². The molecule has 0 saturated heterocycles. The molecule has 0 amide bonds. The van der Waals surface area contributed by atoms with Crippen LogP contribution in [0.2, 0.25) is 0 Å². The van der Waals surface area contributed by atoms with Crippen LogP contribution in [0.25, 0.3) is 16.9 Å². The minimum atomic E-state index is 0.600. The first kappa shape index (κ1) is 11.7. The van der Waals surface area contributed by atoms with E-state index in [0.717, 1.165) is 28.8 Å². The summed E-state index contributed by atoms with van der Waals surface area (Å²) in [4.78, 5) is 16.0. The molecule has 3 heteroatoms. The highest BCUT2D eigenvalue weighted by Crippen LogP contribution is 2.26. The number of aryl methyl sites for hydroxylation is 2. The Bertz CT molecular complexity index is 772. The van der Waals surface area contributed by atoms with Gasteiger partial charge in [-0.05, 0) is 31.5 Å². The number of imidazole rings is 1. The predicted molar refractivity (Wildman–Crippen MR) is 75.5 cm³/mol. The quantitative estimate of drug-likeness (QED) is 0.653. The number of carbonyl (C=O) groups is 1. The van der Waals surface area contributed by atoms with Crippen molar-refractivity contribution in [1.29, 1.82) is 0 Å². The van der Waals surface area contributed by atoms with Crippen LogP contribution in [0.4, 0.5) is 0 Å². The van der Waals surface area contributed by atoms with Gasteiger partial charge in [0, 0.05) is 11.8 Å². The fourth-order valence-electron chi connectivity index (χ4n) is 2.40. The van der Waals surface area contributed by atoms with Crippen molar-refractivity contribution in [3.63, 3.8) is 0 Å². The van der Waals surface area contributed by atoms with Crippen molar-refractivity contribution in [1.82, 2.24) is 9.38 Å². The van der Waals surface area contributed by atoms with Crippen LogP contribution in [0, 0.1) is 13.8 Å². The lowest BCUT2D eigenvalue weighted by Gasteiger charge is -2.04. The van der Waals surface area contributed by atoms with Gasteiger partial charge >= 0.3 is 0 Å². The second kappa shape index (κ2) is 4.35. The summed E-state index contributed by atoms with van der Waals surface area (Å²) in [7, 11) is 0. The Morgan fingerprint density at radius 3 is 2.74 bits per heavy atom. The van der Waals surface area contributed by atoms with Gasteiger partial charge in [0.05, 0.1) is 0 Å². The number of aldehydes is 1. The molecule has 2 aromatic heterocycles. The van der Waals surface area contributed by atoms with E-state index in [2.05, 4.69) is 18.0 Å². The minimum Gasteiger partial charge on any atom is -0.297 e. The number of hydrogen-bond acceptors (Lipinski definition) is 2. The molecular formula is C16H14N2O. The van der Waals surface area contributed by atoms with Crippen LogP contribution < -0.4 is 0 Å². The molecule has 0 radical (unpaired) electrons. The highest BCUT2D eigenvalue weighted by Gasteiger charge is 2.14. The van der Waals surface area contributed by atoms with Crippen LogP contribution in [-0.2, 0) is 0 Å².